The van der Waals surface area contributed by atoms with Crippen LogP contribution in [0.2, 0.25) is 5.02 Å². The number of quaternary nitrogens is 1. The number of methoxy groups -OCH3 is 1. The molecular weight excluding hydrogens is 342 g/mol. The number of aromatic amines is 1. The molecule has 2 atom stereocenters. The van der Waals surface area contributed by atoms with Crippen molar-refractivity contribution in [3.63, 3.8) is 0 Å². The van der Waals surface area contributed by atoms with Gasteiger partial charge < -0.3 is 19.9 Å². The highest BCUT2D eigenvalue weighted by Gasteiger charge is 2.25. The van der Waals surface area contributed by atoms with Gasteiger partial charge in [0.2, 0.25) is 0 Å². The second-order valence-corrected chi connectivity index (χ2v) is 7.17. The Balaban J connectivity index is 1.84. The summed E-state index contributed by atoms with van der Waals surface area (Å²) in [6.07, 6.45) is 2.36. The monoisotopic (exact) mass is 364 g/mol. The molecule has 1 saturated heterocycles. The summed E-state index contributed by atoms with van der Waals surface area (Å²) in [4.78, 5) is 28.9. The van der Waals surface area contributed by atoms with E-state index in [1.165, 1.54) is 18.4 Å². The number of carbonyl (C=O) groups excluding carboxylic acids is 2. The van der Waals surface area contributed by atoms with Crippen molar-refractivity contribution in [3.8, 4) is 0 Å². The average Bonchev–Trinajstić information content (AvgIpc) is 2.92. The molecule has 2 unspecified atom stereocenters. The SMILES string of the molecule is COC(=O)c1[nH]c2ccc(Cl)cc2c1NC(=O)C[NH+]1CCCC(C)C1. The Morgan fingerprint density at radius 1 is 1.44 bits per heavy atom. The second kappa shape index (κ2) is 7.45. The van der Waals surface area contributed by atoms with Gasteiger partial charge in [0, 0.05) is 21.8 Å². The molecule has 1 aliphatic heterocycles. The van der Waals surface area contributed by atoms with E-state index in [9.17, 15) is 9.59 Å². The van der Waals surface area contributed by atoms with E-state index in [0.29, 0.717) is 28.6 Å². The maximum absolute atomic E-state index is 12.5. The fraction of sp³-hybridized carbons (Fsp3) is 0.444. The molecule has 2 heterocycles. The number of hydrogen-bond acceptors (Lipinski definition) is 3. The van der Waals surface area contributed by atoms with E-state index in [4.69, 9.17) is 16.3 Å². The number of benzene rings is 1. The molecule has 2 aromatic rings. The van der Waals surface area contributed by atoms with Gasteiger partial charge in [0.15, 0.2) is 6.54 Å². The topological polar surface area (TPSA) is 75.6 Å². The van der Waals surface area contributed by atoms with Crippen LogP contribution in [0.1, 0.15) is 30.3 Å². The van der Waals surface area contributed by atoms with E-state index in [2.05, 4.69) is 17.2 Å². The van der Waals surface area contributed by atoms with E-state index < -0.39 is 5.97 Å². The molecule has 6 nitrogen and oxygen atoms in total. The summed E-state index contributed by atoms with van der Waals surface area (Å²) in [6.45, 7) is 4.60. The lowest BCUT2D eigenvalue weighted by Gasteiger charge is -2.27. The van der Waals surface area contributed by atoms with Gasteiger partial charge in [-0.25, -0.2) is 4.79 Å². The third-order valence-corrected chi connectivity index (χ3v) is 4.92. The third kappa shape index (κ3) is 3.96. The lowest BCUT2D eigenvalue weighted by molar-refractivity contribution is -0.900. The van der Waals surface area contributed by atoms with Crippen LogP contribution in [0.5, 0.6) is 0 Å². The summed E-state index contributed by atoms with van der Waals surface area (Å²) in [5.41, 5.74) is 1.38. The highest BCUT2D eigenvalue weighted by Crippen LogP contribution is 2.30. The van der Waals surface area contributed by atoms with E-state index in [1.807, 2.05) is 0 Å². The molecule has 3 N–H and O–H groups in total. The smallest absolute Gasteiger partial charge is 0.356 e. The Hall–Kier alpha value is -2.05. The first-order chi connectivity index (χ1) is 12.0. The van der Waals surface area contributed by atoms with Crippen molar-refractivity contribution in [1.29, 1.82) is 0 Å². The number of nitrogens with one attached hydrogen (secondary N) is 3. The number of likely N-dealkylation sites (tertiary alicyclic amines) is 1. The summed E-state index contributed by atoms with van der Waals surface area (Å²) in [7, 11) is 1.31. The first-order valence-corrected chi connectivity index (χ1v) is 8.88. The fourth-order valence-electron chi connectivity index (χ4n) is 3.52. The zero-order valence-electron chi connectivity index (χ0n) is 14.4. The summed E-state index contributed by atoms with van der Waals surface area (Å²) in [5.74, 6) is -0.00855. The van der Waals surface area contributed by atoms with Crippen molar-refractivity contribution in [1.82, 2.24) is 4.98 Å². The zero-order valence-corrected chi connectivity index (χ0v) is 15.2. The lowest BCUT2D eigenvalue weighted by atomic mass is 10.0. The Bertz CT molecular complexity index is 802. The predicted molar refractivity (Wildman–Crippen MR) is 97.2 cm³/mol. The Kier molecular flexibility index (Phi) is 5.30. The van der Waals surface area contributed by atoms with Crippen molar-refractivity contribution >= 4 is 40.1 Å². The van der Waals surface area contributed by atoms with Crippen molar-refractivity contribution < 1.29 is 19.2 Å². The normalized spacial score (nSPS) is 20.4. The molecular formula is C18H23ClN3O3+. The van der Waals surface area contributed by atoms with Crippen LogP contribution in [-0.2, 0) is 9.53 Å². The minimum atomic E-state index is -0.526. The molecule has 25 heavy (non-hydrogen) atoms. The van der Waals surface area contributed by atoms with Crippen LogP contribution in [0, 0.1) is 5.92 Å². The molecule has 1 aromatic carbocycles. The van der Waals surface area contributed by atoms with Crippen LogP contribution >= 0.6 is 11.6 Å². The zero-order chi connectivity index (χ0) is 18.0. The molecule has 0 radical (unpaired) electrons. The average molecular weight is 365 g/mol. The van der Waals surface area contributed by atoms with Gasteiger partial charge in [0.1, 0.15) is 5.69 Å². The first kappa shape index (κ1) is 17.8. The van der Waals surface area contributed by atoms with Crippen molar-refractivity contribution in [2.24, 2.45) is 5.92 Å². The quantitative estimate of drug-likeness (QED) is 0.725. The van der Waals surface area contributed by atoms with Crippen molar-refractivity contribution in [2.45, 2.75) is 19.8 Å². The van der Waals surface area contributed by atoms with Crippen LogP contribution in [0.15, 0.2) is 18.2 Å². The Morgan fingerprint density at radius 2 is 2.24 bits per heavy atom. The Labute approximate surface area is 151 Å². The van der Waals surface area contributed by atoms with Crippen LogP contribution in [0.3, 0.4) is 0 Å². The highest BCUT2D eigenvalue weighted by atomic mass is 35.5. The number of piperidine rings is 1. The molecule has 1 amide bonds. The van der Waals surface area contributed by atoms with Gasteiger partial charge in [0.05, 0.1) is 25.9 Å². The minimum Gasteiger partial charge on any atom is -0.464 e. The molecule has 134 valence electrons. The number of fused-ring (bicyclic) bond motifs is 1. The van der Waals surface area contributed by atoms with E-state index in [0.717, 1.165) is 25.0 Å². The number of esters is 1. The summed E-state index contributed by atoms with van der Waals surface area (Å²) in [6, 6.07) is 5.23. The maximum atomic E-state index is 12.5. The van der Waals surface area contributed by atoms with E-state index in [1.54, 1.807) is 18.2 Å². The maximum Gasteiger partial charge on any atom is 0.356 e. The number of anilines is 1. The van der Waals surface area contributed by atoms with Gasteiger partial charge in [-0.2, -0.15) is 0 Å². The first-order valence-electron chi connectivity index (χ1n) is 8.51. The number of carbonyl (C=O) groups is 2. The summed E-state index contributed by atoms with van der Waals surface area (Å²) in [5, 5.41) is 4.12. The van der Waals surface area contributed by atoms with Gasteiger partial charge >= 0.3 is 5.97 Å². The van der Waals surface area contributed by atoms with Crippen molar-refractivity contribution in [2.75, 3.05) is 32.1 Å². The van der Waals surface area contributed by atoms with Gasteiger partial charge in [0.25, 0.3) is 5.91 Å². The molecule has 0 aliphatic carbocycles. The van der Waals surface area contributed by atoms with Gasteiger partial charge in [-0.15, -0.1) is 0 Å². The number of rotatable bonds is 4. The van der Waals surface area contributed by atoms with Gasteiger partial charge in [-0.1, -0.05) is 18.5 Å². The van der Waals surface area contributed by atoms with E-state index in [-0.39, 0.29) is 11.6 Å². The van der Waals surface area contributed by atoms with E-state index >= 15 is 0 Å². The number of ether oxygens (including phenoxy) is 1. The number of hydrogen-bond donors (Lipinski definition) is 3. The third-order valence-electron chi connectivity index (χ3n) is 4.69. The molecule has 0 spiro atoms. The number of aromatic nitrogens is 1. The van der Waals surface area contributed by atoms with Crippen LogP contribution in [0.25, 0.3) is 10.9 Å². The van der Waals surface area contributed by atoms with Crippen LogP contribution in [-0.4, -0.2) is 43.6 Å². The molecule has 1 aliphatic rings. The van der Waals surface area contributed by atoms with Gasteiger partial charge in [-0.05, 0) is 31.0 Å². The van der Waals surface area contributed by atoms with Crippen molar-refractivity contribution in [3.05, 3.63) is 28.9 Å². The predicted octanol–water partition coefficient (Wildman–Crippen LogP) is 1.86. The number of halogens is 1. The molecule has 3 rings (SSSR count). The van der Waals surface area contributed by atoms with Crippen LogP contribution < -0.4 is 10.2 Å². The standard InChI is InChI=1S/C18H22ClN3O3/c1-11-4-3-7-22(9-11)10-15(23)21-16-13-8-12(19)5-6-14(13)20-17(16)18(24)25-2/h5-6,8,11,20H,3-4,7,9-10H2,1-2H3,(H,21,23)/p+1. The summed E-state index contributed by atoms with van der Waals surface area (Å²) < 4.78 is 4.82. The molecule has 0 saturated carbocycles. The summed E-state index contributed by atoms with van der Waals surface area (Å²) >= 11 is 6.07. The second-order valence-electron chi connectivity index (χ2n) is 6.73. The molecule has 1 aromatic heterocycles. The number of H-pyrrole nitrogens is 1. The van der Waals surface area contributed by atoms with Crippen LogP contribution in [0.4, 0.5) is 5.69 Å². The number of amides is 1. The fourth-order valence-corrected chi connectivity index (χ4v) is 3.69. The largest absolute Gasteiger partial charge is 0.464 e. The highest BCUT2D eigenvalue weighted by molar-refractivity contribution is 6.31. The minimum absolute atomic E-state index is 0.116. The molecule has 7 heteroatoms. The molecule has 1 fully saturated rings. The lowest BCUT2D eigenvalue weighted by Crippen LogP contribution is -3.14. The van der Waals surface area contributed by atoms with Gasteiger partial charge in [-0.3, -0.25) is 4.79 Å². The Morgan fingerprint density at radius 3 is 2.96 bits per heavy atom. The molecule has 0 bridgehead atoms.